The predicted octanol–water partition coefficient (Wildman–Crippen LogP) is 1.15. The van der Waals surface area contributed by atoms with Gasteiger partial charge in [-0.3, -0.25) is 10.1 Å². The normalized spacial score (nSPS) is 10.2. The fourth-order valence-electron chi connectivity index (χ4n) is 1.56. The van der Waals surface area contributed by atoms with Gasteiger partial charge in [-0.25, -0.2) is 0 Å². The van der Waals surface area contributed by atoms with Crippen LogP contribution in [0.15, 0.2) is 18.2 Å². The first-order valence-corrected chi connectivity index (χ1v) is 6.33. The summed E-state index contributed by atoms with van der Waals surface area (Å²) in [5.41, 5.74) is 0.972. The van der Waals surface area contributed by atoms with Gasteiger partial charge in [-0.1, -0.05) is 0 Å². The topological polar surface area (TPSA) is 98.9 Å². The van der Waals surface area contributed by atoms with E-state index in [1.807, 2.05) is 22.9 Å². The Bertz CT molecular complexity index is 410. The van der Waals surface area contributed by atoms with Crippen molar-refractivity contribution in [2.45, 2.75) is 0 Å². The molecule has 0 aliphatic heterocycles. The summed E-state index contributed by atoms with van der Waals surface area (Å²) in [6.07, 6.45) is 0. The van der Waals surface area contributed by atoms with Gasteiger partial charge < -0.3 is 18.6 Å². The Morgan fingerprint density at radius 2 is 1.94 bits per heavy atom. The van der Waals surface area contributed by atoms with Crippen LogP contribution in [0, 0.1) is 10.1 Å². The molecule has 7 nitrogen and oxygen atoms in total. The first-order valence-electron chi connectivity index (χ1n) is 5.25. The number of hydrogen-bond donors (Lipinski definition) is 3. The first-order chi connectivity index (χ1) is 8.63. The molecule has 100 valence electrons. The van der Waals surface area contributed by atoms with E-state index in [4.69, 9.17) is 10.2 Å². The van der Waals surface area contributed by atoms with Crippen LogP contribution in [0.25, 0.3) is 0 Å². The second kappa shape index (κ2) is 7.34. The molecule has 8 heteroatoms. The minimum absolute atomic E-state index is 0.0391. The number of aliphatic hydroxyl groups excluding tert-OH is 2. The largest absolute Gasteiger partial charge is 0.395 e. The Morgan fingerprint density at radius 1 is 1.33 bits per heavy atom. The van der Waals surface area contributed by atoms with Crippen molar-refractivity contribution in [3.8, 4) is 0 Å². The van der Waals surface area contributed by atoms with E-state index >= 15 is 0 Å². The molecular weight excluding hydrogens is 353 g/mol. The van der Waals surface area contributed by atoms with E-state index in [9.17, 15) is 10.1 Å². The van der Waals surface area contributed by atoms with Crippen molar-refractivity contribution in [2.75, 3.05) is 34.7 Å². The summed E-state index contributed by atoms with van der Waals surface area (Å²) in [5.74, 6) is 0. The number of nitro benzene ring substituents is 1. The molecule has 0 aromatic heterocycles. The first kappa shape index (κ1) is 14.9. The van der Waals surface area contributed by atoms with Gasteiger partial charge in [0.2, 0.25) is 0 Å². The van der Waals surface area contributed by atoms with Crippen LogP contribution in [-0.4, -0.2) is 41.4 Å². The summed E-state index contributed by atoms with van der Waals surface area (Å²) in [6.45, 7) is 0.462. The monoisotopic (exact) mass is 367 g/mol. The van der Waals surface area contributed by atoms with Crippen LogP contribution in [0.3, 0.4) is 0 Å². The Morgan fingerprint density at radius 3 is 2.39 bits per heavy atom. The number of rotatable bonds is 7. The minimum atomic E-state index is -0.472. The Kier molecular flexibility index (Phi) is 6.09. The highest BCUT2D eigenvalue weighted by Crippen LogP contribution is 2.30. The van der Waals surface area contributed by atoms with E-state index < -0.39 is 4.92 Å². The molecule has 1 rings (SSSR count). The lowest BCUT2D eigenvalue weighted by atomic mass is 10.2. The number of nitrogens with zero attached hydrogens (tertiary/aromatic N) is 2. The molecule has 0 unspecified atom stereocenters. The van der Waals surface area contributed by atoms with Crippen LogP contribution in [0.2, 0.25) is 0 Å². The Hall–Kier alpha value is -1.13. The van der Waals surface area contributed by atoms with Crippen molar-refractivity contribution in [1.82, 2.24) is 0 Å². The number of halogens is 1. The van der Waals surface area contributed by atoms with Crippen LogP contribution in [0.1, 0.15) is 0 Å². The molecule has 0 saturated heterocycles. The molecule has 1 aromatic carbocycles. The molecule has 0 aliphatic rings. The van der Waals surface area contributed by atoms with E-state index in [2.05, 4.69) is 3.53 Å². The molecule has 1 aromatic rings. The fourth-order valence-corrected chi connectivity index (χ4v) is 2.02. The van der Waals surface area contributed by atoms with E-state index in [0.29, 0.717) is 24.5 Å². The third-order valence-electron chi connectivity index (χ3n) is 2.38. The summed E-state index contributed by atoms with van der Waals surface area (Å²) < 4.78 is 2.72. The van der Waals surface area contributed by atoms with Gasteiger partial charge in [-0.15, -0.1) is 0 Å². The second-order valence-corrected chi connectivity index (χ2v) is 4.03. The number of nitro groups is 1. The quantitative estimate of drug-likeness (QED) is 0.289. The van der Waals surface area contributed by atoms with Gasteiger partial charge in [0.05, 0.1) is 41.0 Å². The smallest absolute Gasteiger partial charge is 0.295 e. The lowest BCUT2D eigenvalue weighted by Gasteiger charge is -2.22. The number of benzene rings is 1. The second-order valence-electron chi connectivity index (χ2n) is 3.49. The molecule has 0 radical (unpaired) electrons. The molecule has 0 spiro atoms. The summed E-state index contributed by atoms with van der Waals surface area (Å²) >= 11 is 1.83. The van der Waals surface area contributed by atoms with Crippen molar-refractivity contribution >= 4 is 39.9 Å². The van der Waals surface area contributed by atoms with E-state index in [0.717, 1.165) is 0 Å². The maximum atomic E-state index is 10.9. The molecule has 0 fully saturated rings. The summed E-state index contributed by atoms with van der Waals surface area (Å²) in [5, 5.41) is 28.8. The van der Waals surface area contributed by atoms with Gasteiger partial charge in [0.15, 0.2) is 0 Å². The van der Waals surface area contributed by atoms with Crippen molar-refractivity contribution in [2.24, 2.45) is 0 Å². The summed E-state index contributed by atoms with van der Waals surface area (Å²) in [4.78, 5) is 12.1. The lowest BCUT2D eigenvalue weighted by Crippen LogP contribution is -2.29. The van der Waals surface area contributed by atoms with Gasteiger partial charge in [0, 0.05) is 24.8 Å². The van der Waals surface area contributed by atoms with E-state index in [-0.39, 0.29) is 18.9 Å². The maximum absolute atomic E-state index is 10.9. The average Bonchev–Trinajstić information content (AvgIpc) is 2.37. The zero-order valence-corrected chi connectivity index (χ0v) is 11.7. The zero-order chi connectivity index (χ0) is 13.5. The SMILES string of the molecule is O=[N+]([O-])c1cc(N(CCO)CCO)ccc1NI. The Labute approximate surface area is 118 Å². The van der Waals surface area contributed by atoms with Gasteiger partial charge in [0.1, 0.15) is 5.69 Å². The highest BCUT2D eigenvalue weighted by Gasteiger charge is 2.16. The molecular formula is C10H14IN3O4. The third-order valence-corrected chi connectivity index (χ3v) is 2.97. The molecule has 18 heavy (non-hydrogen) atoms. The summed E-state index contributed by atoms with van der Waals surface area (Å²) in [6, 6.07) is 4.73. The van der Waals surface area contributed by atoms with Crippen molar-refractivity contribution < 1.29 is 15.1 Å². The van der Waals surface area contributed by atoms with Crippen LogP contribution in [0.5, 0.6) is 0 Å². The van der Waals surface area contributed by atoms with Crippen molar-refractivity contribution in [3.63, 3.8) is 0 Å². The molecule has 0 bridgehead atoms. The maximum Gasteiger partial charge on any atom is 0.295 e. The van der Waals surface area contributed by atoms with Gasteiger partial charge in [0.25, 0.3) is 5.69 Å². The highest BCUT2D eigenvalue weighted by molar-refractivity contribution is 14.1. The predicted molar refractivity (Wildman–Crippen MR) is 77.1 cm³/mol. The van der Waals surface area contributed by atoms with Crippen LogP contribution >= 0.6 is 22.9 Å². The number of anilines is 2. The number of hydrogen-bond acceptors (Lipinski definition) is 6. The third kappa shape index (κ3) is 3.68. The molecule has 0 heterocycles. The van der Waals surface area contributed by atoms with E-state index in [1.165, 1.54) is 6.07 Å². The Balaban J connectivity index is 3.08. The van der Waals surface area contributed by atoms with E-state index in [1.54, 1.807) is 17.0 Å². The highest BCUT2D eigenvalue weighted by atomic mass is 127. The molecule has 0 atom stereocenters. The van der Waals surface area contributed by atoms with Crippen molar-refractivity contribution in [3.05, 3.63) is 28.3 Å². The van der Waals surface area contributed by atoms with Gasteiger partial charge in [-0.2, -0.15) is 0 Å². The van der Waals surface area contributed by atoms with Crippen LogP contribution < -0.4 is 8.43 Å². The average molecular weight is 367 g/mol. The molecule has 0 amide bonds. The number of nitrogens with one attached hydrogen (secondary N) is 1. The van der Waals surface area contributed by atoms with Gasteiger partial charge >= 0.3 is 0 Å². The minimum Gasteiger partial charge on any atom is -0.395 e. The number of aliphatic hydroxyl groups is 2. The van der Waals surface area contributed by atoms with Crippen LogP contribution in [-0.2, 0) is 0 Å². The van der Waals surface area contributed by atoms with Gasteiger partial charge in [-0.05, 0) is 12.1 Å². The molecule has 3 N–H and O–H groups in total. The standard InChI is InChI=1S/C10H14IN3O4/c11-12-9-2-1-8(7-10(9)14(17)18)13(3-5-15)4-6-16/h1-2,7,12,15-16H,3-6H2. The van der Waals surface area contributed by atoms with Crippen LogP contribution in [0.4, 0.5) is 17.1 Å². The molecule has 0 aliphatic carbocycles. The summed E-state index contributed by atoms with van der Waals surface area (Å²) in [7, 11) is 0. The molecule has 0 saturated carbocycles. The zero-order valence-electron chi connectivity index (χ0n) is 9.54. The fraction of sp³-hybridized carbons (Fsp3) is 0.400. The lowest BCUT2D eigenvalue weighted by molar-refractivity contribution is -0.383. The van der Waals surface area contributed by atoms with Crippen molar-refractivity contribution in [1.29, 1.82) is 0 Å².